The van der Waals surface area contributed by atoms with Gasteiger partial charge in [-0.05, 0) is 37.0 Å². The molecule has 106 valence electrons. The minimum absolute atomic E-state index is 0.0637. The lowest BCUT2D eigenvalue weighted by Gasteiger charge is -2.20. The van der Waals surface area contributed by atoms with Crippen molar-refractivity contribution in [2.45, 2.75) is 38.5 Å². The van der Waals surface area contributed by atoms with Crippen molar-refractivity contribution in [2.24, 2.45) is 17.8 Å². The Bertz CT molecular complexity index is 540. The van der Waals surface area contributed by atoms with Crippen LogP contribution >= 0.6 is 0 Å². The Morgan fingerprint density at radius 1 is 1.25 bits per heavy atom. The van der Waals surface area contributed by atoms with Gasteiger partial charge < -0.3 is 0 Å². The maximum Gasteiger partial charge on any atom is 0.273 e. The van der Waals surface area contributed by atoms with Gasteiger partial charge in [-0.25, -0.2) is 0 Å². The van der Waals surface area contributed by atoms with E-state index in [4.69, 9.17) is 0 Å². The molecule has 0 saturated heterocycles. The van der Waals surface area contributed by atoms with Gasteiger partial charge in [0.25, 0.3) is 5.69 Å². The number of Topliss-reactive ketones (excluding diaryl/α,β-unsaturated/α-hetero) is 1. The predicted molar refractivity (Wildman–Crippen MR) is 75.4 cm³/mol. The summed E-state index contributed by atoms with van der Waals surface area (Å²) in [7, 11) is 0. The van der Waals surface area contributed by atoms with Crippen LogP contribution in [0.4, 0.5) is 5.69 Å². The van der Waals surface area contributed by atoms with Crippen LogP contribution in [0.5, 0.6) is 0 Å². The van der Waals surface area contributed by atoms with Crippen molar-refractivity contribution in [3.63, 3.8) is 0 Å². The van der Waals surface area contributed by atoms with Gasteiger partial charge in [-0.3, -0.25) is 14.9 Å². The summed E-state index contributed by atoms with van der Waals surface area (Å²) in [5.74, 6) is 2.25. The molecule has 20 heavy (non-hydrogen) atoms. The van der Waals surface area contributed by atoms with E-state index < -0.39 is 4.92 Å². The Labute approximate surface area is 118 Å². The number of nitro groups is 1. The van der Waals surface area contributed by atoms with Crippen LogP contribution in [0.15, 0.2) is 24.3 Å². The Morgan fingerprint density at radius 3 is 2.70 bits per heavy atom. The molecule has 3 atom stereocenters. The first kappa shape index (κ1) is 13.3. The summed E-state index contributed by atoms with van der Waals surface area (Å²) in [6.45, 7) is 0. The number of para-hydroxylation sites is 1. The molecule has 0 heterocycles. The minimum atomic E-state index is -0.403. The van der Waals surface area contributed by atoms with Gasteiger partial charge in [-0.1, -0.05) is 24.6 Å². The average molecular weight is 273 g/mol. The minimum Gasteiger partial charge on any atom is -0.299 e. The second kappa shape index (κ2) is 5.35. The molecule has 1 aromatic rings. The molecule has 3 unspecified atom stereocenters. The fourth-order valence-corrected chi connectivity index (χ4v) is 4.04. The van der Waals surface area contributed by atoms with Gasteiger partial charge in [-0.15, -0.1) is 0 Å². The van der Waals surface area contributed by atoms with Crippen LogP contribution in [-0.4, -0.2) is 10.7 Å². The Morgan fingerprint density at radius 2 is 2.05 bits per heavy atom. The Balaban J connectivity index is 1.63. The van der Waals surface area contributed by atoms with Crippen LogP contribution < -0.4 is 0 Å². The molecule has 2 saturated carbocycles. The molecule has 0 amide bonds. The van der Waals surface area contributed by atoms with Crippen molar-refractivity contribution in [3.8, 4) is 0 Å². The molecule has 4 heteroatoms. The number of nitrogens with zero attached hydrogens (tertiary/aromatic N) is 1. The first-order valence-electron chi connectivity index (χ1n) is 7.37. The first-order chi connectivity index (χ1) is 9.63. The van der Waals surface area contributed by atoms with Crippen molar-refractivity contribution < 1.29 is 9.72 Å². The van der Waals surface area contributed by atoms with Gasteiger partial charge in [0, 0.05) is 24.5 Å². The molecule has 3 rings (SSSR count). The summed E-state index contributed by atoms with van der Waals surface area (Å²) in [5, 5.41) is 10.9. The number of carbonyl (C=O) groups is 1. The summed E-state index contributed by atoms with van der Waals surface area (Å²) >= 11 is 0. The molecule has 0 aliphatic heterocycles. The second-order valence-electron chi connectivity index (χ2n) is 6.24. The van der Waals surface area contributed by atoms with Gasteiger partial charge in [0.1, 0.15) is 5.78 Å². The fourth-order valence-electron chi connectivity index (χ4n) is 4.04. The van der Waals surface area contributed by atoms with E-state index in [1.807, 2.05) is 0 Å². The lowest BCUT2D eigenvalue weighted by molar-refractivity contribution is -0.385. The molecule has 0 radical (unpaired) electrons. The smallest absolute Gasteiger partial charge is 0.273 e. The van der Waals surface area contributed by atoms with E-state index in [-0.39, 0.29) is 17.9 Å². The quantitative estimate of drug-likeness (QED) is 0.609. The number of rotatable bonds is 5. The van der Waals surface area contributed by atoms with Crippen LogP contribution in [0, 0.1) is 27.9 Å². The zero-order chi connectivity index (χ0) is 14.1. The first-order valence-corrected chi connectivity index (χ1v) is 7.37. The number of hydrogen-bond acceptors (Lipinski definition) is 3. The molecule has 1 aromatic carbocycles. The second-order valence-corrected chi connectivity index (χ2v) is 6.24. The van der Waals surface area contributed by atoms with E-state index in [0.29, 0.717) is 17.9 Å². The van der Waals surface area contributed by atoms with Crippen LogP contribution in [0.2, 0.25) is 0 Å². The highest BCUT2D eigenvalue weighted by Crippen LogP contribution is 2.49. The number of carbonyl (C=O) groups excluding carboxylic acids is 1. The van der Waals surface area contributed by atoms with Crippen LogP contribution in [0.1, 0.15) is 37.7 Å². The molecule has 0 aromatic heterocycles. The molecule has 2 fully saturated rings. The number of nitro benzene ring substituents is 1. The molecular formula is C16H19NO3. The van der Waals surface area contributed by atoms with E-state index in [1.165, 1.54) is 31.7 Å². The van der Waals surface area contributed by atoms with E-state index >= 15 is 0 Å². The molecule has 2 bridgehead atoms. The normalized spacial score (nSPS) is 27.7. The third-order valence-corrected chi connectivity index (χ3v) is 4.95. The Hall–Kier alpha value is -1.71. The van der Waals surface area contributed by atoms with E-state index in [2.05, 4.69) is 0 Å². The lowest BCUT2D eigenvalue weighted by atomic mass is 9.84. The van der Waals surface area contributed by atoms with Crippen LogP contribution in [0.3, 0.4) is 0 Å². The number of fused-ring (bicyclic) bond motifs is 2. The molecule has 0 N–H and O–H groups in total. The molecule has 2 aliphatic carbocycles. The number of hydrogen-bond donors (Lipinski definition) is 0. The van der Waals surface area contributed by atoms with E-state index in [0.717, 1.165) is 11.8 Å². The average Bonchev–Trinajstić information content (AvgIpc) is 3.01. The highest BCUT2D eigenvalue weighted by molar-refractivity contribution is 5.82. The SMILES string of the molecule is O=C(Cc1ccccc1[N+](=O)[O-])CC1CC2CCC1C2. The third-order valence-electron chi connectivity index (χ3n) is 4.95. The summed E-state index contributed by atoms with van der Waals surface area (Å²) in [4.78, 5) is 22.7. The van der Waals surface area contributed by atoms with Crippen LogP contribution in [0.25, 0.3) is 0 Å². The summed E-state index contributed by atoms with van der Waals surface area (Å²) in [5.41, 5.74) is 0.611. The number of benzene rings is 1. The lowest BCUT2D eigenvalue weighted by Crippen LogP contribution is -2.16. The van der Waals surface area contributed by atoms with Gasteiger partial charge in [0.05, 0.1) is 4.92 Å². The van der Waals surface area contributed by atoms with Crippen molar-refractivity contribution in [1.29, 1.82) is 0 Å². The molecule has 4 nitrogen and oxygen atoms in total. The van der Waals surface area contributed by atoms with Gasteiger partial charge in [0.2, 0.25) is 0 Å². The molecule has 2 aliphatic rings. The van der Waals surface area contributed by atoms with Crippen LogP contribution in [-0.2, 0) is 11.2 Å². The molecule has 0 spiro atoms. The van der Waals surface area contributed by atoms with E-state index in [1.54, 1.807) is 18.2 Å². The fraction of sp³-hybridized carbons (Fsp3) is 0.562. The standard InChI is InChI=1S/C16H19NO3/c18-15(10-14-8-11-5-6-12(14)7-11)9-13-3-1-2-4-16(13)17(19)20/h1-4,11-12,14H,5-10H2. The van der Waals surface area contributed by atoms with E-state index in [9.17, 15) is 14.9 Å². The Kier molecular flexibility index (Phi) is 3.55. The maximum absolute atomic E-state index is 12.2. The zero-order valence-corrected chi connectivity index (χ0v) is 11.5. The summed E-state index contributed by atoms with van der Waals surface area (Å²) in [6, 6.07) is 6.56. The van der Waals surface area contributed by atoms with Gasteiger partial charge in [0.15, 0.2) is 0 Å². The zero-order valence-electron chi connectivity index (χ0n) is 11.5. The third kappa shape index (κ3) is 2.60. The summed E-state index contributed by atoms with van der Waals surface area (Å²) < 4.78 is 0. The van der Waals surface area contributed by atoms with Crippen molar-refractivity contribution in [1.82, 2.24) is 0 Å². The van der Waals surface area contributed by atoms with Crippen molar-refractivity contribution in [2.75, 3.05) is 0 Å². The van der Waals surface area contributed by atoms with Crippen molar-refractivity contribution >= 4 is 11.5 Å². The number of ketones is 1. The largest absolute Gasteiger partial charge is 0.299 e. The predicted octanol–water partition coefficient (Wildman–Crippen LogP) is 3.53. The molecular weight excluding hydrogens is 254 g/mol. The highest BCUT2D eigenvalue weighted by atomic mass is 16.6. The maximum atomic E-state index is 12.2. The topological polar surface area (TPSA) is 60.2 Å². The highest BCUT2D eigenvalue weighted by Gasteiger charge is 2.40. The monoisotopic (exact) mass is 273 g/mol. The summed E-state index contributed by atoms with van der Waals surface area (Å²) in [6.07, 6.45) is 5.89. The van der Waals surface area contributed by atoms with Gasteiger partial charge >= 0.3 is 0 Å². The van der Waals surface area contributed by atoms with Gasteiger partial charge in [-0.2, -0.15) is 0 Å². The van der Waals surface area contributed by atoms with Crippen molar-refractivity contribution in [3.05, 3.63) is 39.9 Å².